The molecule has 0 bridgehead atoms. The summed E-state index contributed by atoms with van der Waals surface area (Å²) >= 11 is 0. The standard InChI is InChI=1S/C14H24N2O4/c1-9(2)6-16(10-4-5-10)13(19)15-11-7-20-8-14(11,3)12(17)18/h9-11H,4-8H2,1-3H3,(H,15,19)(H,17,18). The van der Waals surface area contributed by atoms with E-state index < -0.39 is 17.4 Å². The number of nitrogens with zero attached hydrogens (tertiary/aromatic N) is 1. The van der Waals surface area contributed by atoms with E-state index >= 15 is 0 Å². The maximum absolute atomic E-state index is 12.4. The fourth-order valence-electron chi connectivity index (χ4n) is 2.49. The van der Waals surface area contributed by atoms with Gasteiger partial charge < -0.3 is 20.1 Å². The van der Waals surface area contributed by atoms with Crippen LogP contribution in [-0.4, -0.2) is 53.8 Å². The fourth-order valence-corrected chi connectivity index (χ4v) is 2.49. The lowest BCUT2D eigenvalue weighted by atomic mass is 9.85. The molecule has 2 fully saturated rings. The summed E-state index contributed by atoms with van der Waals surface area (Å²) in [6.07, 6.45) is 2.08. The van der Waals surface area contributed by atoms with Gasteiger partial charge in [0.15, 0.2) is 0 Å². The van der Waals surface area contributed by atoms with Gasteiger partial charge in [-0.25, -0.2) is 4.79 Å². The van der Waals surface area contributed by atoms with Crippen molar-refractivity contribution >= 4 is 12.0 Å². The lowest BCUT2D eigenvalue weighted by molar-refractivity contribution is -0.148. The minimum absolute atomic E-state index is 0.140. The quantitative estimate of drug-likeness (QED) is 0.797. The Morgan fingerprint density at radius 3 is 2.60 bits per heavy atom. The Labute approximate surface area is 119 Å². The number of carboxylic acids is 1. The maximum Gasteiger partial charge on any atom is 0.317 e. The third-order valence-corrected chi connectivity index (χ3v) is 4.05. The lowest BCUT2D eigenvalue weighted by Crippen LogP contribution is -2.54. The molecule has 0 aromatic rings. The van der Waals surface area contributed by atoms with Gasteiger partial charge in [0.1, 0.15) is 5.41 Å². The van der Waals surface area contributed by atoms with Crippen molar-refractivity contribution in [1.82, 2.24) is 10.2 Å². The molecule has 1 aliphatic heterocycles. The molecule has 1 saturated heterocycles. The highest BCUT2D eigenvalue weighted by molar-refractivity contribution is 5.79. The highest BCUT2D eigenvalue weighted by atomic mass is 16.5. The van der Waals surface area contributed by atoms with Crippen LogP contribution in [0.5, 0.6) is 0 Å². The number of carboxylic acid groups (broad SMARTS) is 1. The summed E-state index contributed by atoms with van der Waals surface area (Å²) in [4.78, 5) is 25.6. The van der Waals surface area contributed by atoms with Crippen LogP contribution in [0, 0.1) is 11.3 Å². The smallest absolute Gasteiger partial charge is 0.317 e. The van der Waals surface area contributed by atoms with E-state index in [2.05, 4.69) is 19.2 Å². The van der Waals surface area contributed by atoms with Crippen LogP contribution < -0.4 is 5.32 Å². The summed E-state index contributed by atoms with van der Waals surface area (Å²) in [5, 5.41) is 12.2. The highest BCUT2D eigenvalue weighted by Gasteiger charge is 2.48. The molecule has 0 spiro atoms. The molecule has 0 aromatic carbocycles. The number of hydrogen-bond acceptors (Lipinski definition) is 3. The number of carbonyl (C=O) groups is 2. The van der Waals surface area contributed by atoms with Gasteiger partial charge in [0, 0.05) is 12.6 Å². The molecule has 1 aliphatic carbocycles. The molecule has 2 atom stereocenters. The molecule has 1 heterocycles. The zero-order chi connectivity index (χ0) is 14.9. The normalized spacial score (nSPS) is 29.5. The third kappa shape index (κ3) is 3.06. The van der Waals surface area contributed by atoms with E-state index in [1.165, 1.54) is 0 Å². The number of amides is 2. The van der Waals surface area contributed by atoms with Crippen molar-refractivity contribution in [2.24, 2.45) is 11.3 Å². The van der Waals surface area contributed by atoms with E-state index in [0.717, 1.165) is 12.8 Å². The Balaban J connectivity index is 2.00. The van der Waals surface area contributed by atoms with Crippen LogP contribution in [0.1, 0.15) is 33.6 Å². The number of urea groups is 1. The van der Waals surface area contributed by atoms with Crippen molar-refractivity contribution in [3.05, 3.63) is 0 Å². The average Bonchev–Trinajstić information content (AvgIpc) is 3.12. The van der Waals surface area contributed by atoms with Gasteiger partial charge in [0.25, 0.3) is 0 Å². The molecule has 6 heteroatoms. The number of rotatable bonds is 5. The second kappa shape index (κ2) is 5.60. The number of hydrogen-bond donors (Lipinski definition) is 2. The Morgan fingerprint density at radius 1 is 1.45 bits per heavy atom. The van der Waals surface area contributed by atoms with Crippen molar-refractivity contribution in [1.29, 1.82) is 0 Å². The van der Waals surface area contributed by atoms with Crippen molar-refractivity contribution in [3.63, 3.8) is 0 Å². The van der Waals surface area contributed by atoms with E-state index in [1.807, 2.05) is 4.90 Å². The van der Waals surface area contributed by atoms with Crippen LogP contribution in [0.3, 0.4) is 0 Å². The first-order chi connectivity index (χ1) is 9.34. The second-order valence-electron chi connectivity index (χ2n) is 6.52. The topological polar surface area (TPSA) is 78.9 Å². The highest BCUT2D eigenvalue weighted by Crippen LogP contribution is 2.31. The van der Waals surface area contributed by atoms with Gasteiger partial charge in [-0.2, -0.15) is 0 Å². The molecule has 114 valence electrons. The minimum atomic E-state index is -1.04. The van der Waals surface area contributed by atoms with Gasteiger partial charge in [0.2, 0.25) is 0 Å². The number of aliphatic carboxylic acids is 1. The van der Waals surface area contributed by atoms with Gasteiger partial charge in [-0.3, -0.25) is 4.79 Å². The third-order valence-electron chi connectivity index (χ3n) is 4.05. The molecular formula is C14H24N2O4. The summed E-state index contributed by atoms with van der Waals surface area (Å²) in [5.41, 5.74) is -1.04. The largest absolute Gasteiger partial charge is 0.481 e. The Hall–Kier alpha value is -1.30. The summed E-state index contributed by atoms with van der Waals surface area (Å²) in [6.45, 7) is 6.87. The SMILES string of the molecule is CC(C)CN(C(=O)NC1COCC1(C)C(=O)O)C1CC1. The minimum Gasteiger partial charge on any atom is -0.481 e. The zero-order valence-electron chi connectivity index (χ0n) is 12.4. The van der Waals surface area contributed by atoms with Crippen molar-refractivity contribution in [2.45, 2.75) is 45.7 Å². The van der Waals surface area contributed by atoms with E-state index in [-0.39, 0.29) is 19.2 Å². The van der Waals surface area contributed by atoms with Crippen LogP contribution in [0.25, 0.3) is 0 Å². The first kappa shape index (κ1) is 15.1. The Morgan fingerprint density at radius 2 is 2.10 bits per heavy atom. The van der Waals surface area contributed by atoms with Crippen molar-refractivity contribution in [2.75, 3.05) is 19.8 Å². The number of nitrogens with one attached hydrogen (secondary N) is 1. The van der Waals surface area contributed by atoms with Crippen LogP contribution >= 0.6 is 0 Å². The van der Waals surface area contributed by atoms with E-state index in [0.29, 0.717) is 18.5 Å². The molecule has 0 aromatic heterocycles. The Kier molecular flexibility index (Phi) is 4.22. The Bertz CT molecular complexity index is 395. The number of carbonyl (C=O) groups excluding carboxylic acids is 1. The lowest BCUT2D eigenvalue weighted by Gasteiger charge is -2.30. The van der Waals surface area contributed by atoms with Gasteiger partial charge in [-0.15, -0.1) is 0 Å². The molecular weight excluding hydrogens is 260 g/mol. The maximum atomic E-state index is 12.4. The van der Waals surface area contributed by atoms with E-state index in [4.69, 9.17) is 4.74 Å². The average molecular weight is 284 g/mol. The molecule has 2 N–H and O–H groups in total. The summed E-state index contributed by atoms with van der Waals surface area (Å²) in [7, 11) is 0. The monoisotopic (exact) mass is 284 g/mol. The van der Waals surface area contributed by atoms with Gasteiger partial charge in [-0.1, -0.05) is 13.8 Å². The molecule has 2 aliphatic rings. The van der Waals surface area contributed by atoms with Crippen LogP contribution in [0.2, 0.25) is 0 Å². The molecule has 0 radical (unpaired) electrons. The molecule has 2 amide bonds. The zero-order valence-corrected chi connectivity index (χ0v) is 12.4. The molecule has 1 saturated carbocycles. The van der Waals surface area contributed by atoms with Crippen LogP contribution in [-0.2, 0) is 9.53 Å². The molecule has 6 nitrogen and oxygen atoms in total. The summed E-state index contributed by atoms with van der Waals surface area (Å²) < 4.78 is 5.26. The van der Waals surface area contributed by atoms with Gasteiger partial charge >= 0.3 is 12.0 Å². The van der Waals surface area contributed by atoms with Crippen LogP contribution in [0.4, 0.5) is 4.79 Å². The molecule has 20 heavy (non-hydrogen) atoms. The van der Waals surface area contributed by atoms with Gasteiger partial charge in [-0.05, 0) is 25.7 Å². The predicted molar refractivity (Wildman–Crippen MR) is 73.4 cm³/mol. The summed E-state index contributed by atoms with van der Waals surface area (Å²) in [6, 6.07) is -0.319. The van der Waals surface area contributed by atoms with Crippen LogP contribution in [0.15, 0.2) is 0 Å². The fraction of sp³-hybridized carbons (Fsp3) is 0.857. The molecule has 2 unspecified atom stereocenters. The van der Waals surface area contributed by atoms with E-state index in [9.17, 15) is 14.7 Å². The number of ether oxygens (including phenoxy) is 1. The first-order valence-electron chi connectivity index (χ1n) is 7.23. The van der Waals surface area contributed by atoms with Crippen molar-refractivity contribution < 1.29 is 19.4 Å². The first-order valence-corrected chi connectivity index (χ1v) is 7.23. The predicted octanol–water partition coefficient (Wildman–Crippen LogP) is 1.31. The molecule has 2 rings (SSSR count). The van der Waals surface area contributed by atoms with Gasteiger partial charge in [0.05, 0.1) is 19.3 Å². The van der Waals surface area contributed by atoms with Crippen molar-refractivity contribution in [3.8, 4) is 0 Å². The van der Waals surface area contributed by atoms with E-state index in [1.54, 1.807) is 6.92 Å². The summed E-state index contributed by atoms with van der Waals surface area (Å²) in [5.74, 6) is -0.533. The second-order valence-corrected chi connectivity index (χ2v) is 6.52.